The van der Waals surface area contributed by atoms with Crippen LogP contribution in [0.2, 0.25) is 0 Å². The number of amides is 3. The Morgan fingerprint density at radius 3 is 2.43 bits per heavy atom. The molecule has 0 radical (unpaired) electrons. The van der Waals surface area contributed by atoms with E-state index in [9.17, 15) is 14.4 Å². The van der Waals surface area contributed by atoms with Gasteiger partial charge in [0.25, 0.3) is 0 Å². The van der Waals surface area contributed by atoms with E-state index in [4.69, 9.17) is 14.2 Å². The topological polar surface area (TPSA) is 128 Å². The standard InChI is InChI=1S/C19H22N4O6S/c1-27-13-6-10(7-14(28-2)17(13)29-3)20-16(25)8-11-9-30-19(21-11)23-18(26)12-4-5-15(24)22-12/h6-7,9,12H,4-5,8H2,1-3H3,(H,20,25)(H,22,24)(H,21,23,26)/t12-/m0/s1. The first kappa shape index (κ1) is 21.4. The third-order valence-corrected chi connectivity index (χ3v) is 5.19. The van der Waals surface area contributed by atoms with E-state index in [1.165, 1.54) is 32.7 Å². The van der Waals surface area contributed by atoms with Gasteiger partial charge < -0.3 is 30.2 Å². The number of nitrogens with one attached hydrogen (secondary N) is 3. The van der Waals surface area contributed by atoms with Gasteiger partial charge in [0.1, 0.15) is 6.04 Å². The summed E-state index contributed by atoms with van der Waals surface area (Å²) in [5, 5.41) is 10.1. The van der Waals surface area contributed by atoms with E-state index in [0.29, 0.717) is 46.6 Å². The molecule has 3 rings (SSSR count). The van der Waals surface area contributed by atoms with Gasteiger partial charge in [0, 0.05) is 29.6 Å². The van der Waals surface area contributed by atoms with Gasteiger partial charge >= 0.3 is 0 Å². The minimum atomic E-state index is -0.548. The van der Waals surface area contributed by atoms with Gasteiger partial charge in [-0.2, -0.15) is 0 Å². The Bertz CT molecular complexity index is 935. The third-order valence-electron chi connectivity index (χ3n) is 4.38. The Morgan fingerprint density at radius 1 is 1.17 bits per heavy atom. The van der Waals surface area contributed by atoms with Crippen LogP contribution in [0.4, 0.5) is 10.8 Å². The number of hydrogen-bond acceptors (Lipinski definition) is 8. The molecule has 0 aliphatic carbocycles. The minimum Gasteiger partial charge on any atom is -0.493 e. The number of benzene rings is 1. The molecule has 30 heavy (non-hydrogen) atoms. The molecular formula is C19H22N4O6S. The highest BCUT2D eigenvalue weighted by Crippen LogP contribution is 2.39. The molecule has 0 unspecified atom stereocenters. The predicted molar refractivity (Wildman–Crippen MR) is 110 cm³/mol. The van der Waals surface area contributed by atoms with E-state index in [0.717, 1.165) is 0 Å². The SMILES string of the molecule is COc1cc(NC(=O)Cc2csc(NC(=O)[C@@H]3CCC(=O)N3)n2)cc(OC)c1OC. The molecule has 0 spiro atoms. The van der Waals surface area contributed by atoms with Gasteiger partial charge in [0.05, 0.1) is 33.4 Å². The van der Waals surface area contributed by atoms with E-state index < -0.39 is 6.04 Å². The number of aromatic nitrogens is 1. The van der Waals surface area contributed by atoms with Gasteiger partial charge in [-0.15, -0.1) is 11.3 Å². The van der Waals surface area contributed by atoms with E-state index in [1.807, 2.05) is 0 Å². The molecule has 160 valence electrons. The number of ether oxygens (including phenoxy) is 3. The monoisotopic (exact) mass is 434 g/mol. The lowest BCUT2D eigenvalue weighted by Crippen LogP contribution is -2.37. The fourth-order valence-electron chi connectivity index (χ4n) is 2.97. The molecular weight excluding hydrogens is 412 g/mol. The number of hydrogen-bond donors (Lipinski definition) is 3. The van der Waals surface area contributed by atoms with Crippen LogP contribution in [-0.4, -0.2) is 50.1 Å². The first-order valence-corrected chi connectivity index (χ1v) is 9.96. The molecule has 1 aliphatic rings. The average Bonchev–Trinajstić information content (AvgIpc) is 3.35. The summed E-state index contributed by atoms with van der Waals surface area (Å²) in [6.07, 6.45) is 0.811. The van der Waals surface area contributed by atoms with Crippen LogP contribution in [0.15, 0.2) is 17.5 Å². The van der Waals surface area contributed by atoms with E-state index in [1.54, 1.807) is 17.5 Å². The molecule has 3 amide bonds. The van der Waals surface area contributed by atoms with Crippen LogP contribution in [0.5, 0.6) is 17.2 Å². The van der Waals surface area contributed by atoms with Crippen molar-refractivity contribution in [3.63, 3.8) is 0 Å². The van der Waals surface area contributed by atoms with Gasteiger partial charge in [-0.3, -0.25) is 14.4 Å². The van der Waals surface area contributed by atoms with Gasteiger partial charge in [0.15, 0.2) is 16.6 Å². The van der Waals surface area contributed by atoms with Crippen molar-refractivity contribution in [2.45, 2.75) is 25.3 Å². The summed E-state index contributed by atoms with van der Waals surface area (Å²) in [7, 11) is 4.48. The van der Waals surface area contributed by atoms with Crippen LogP contribution < -0.4 is 30.2 Å². The number of carbonyl (C=O) groups is 3. The van der Waals surface area contributed by atoms with Crippen molar-refractivity contribution in [3.8, 4) is 17.2 Å². The third kappa shape index (κ3) is 4.98. The molecule has 0 saturated carbocycles. The highest BCUT2D eigenvalue weighted by Gasteiger charge is 2.27. The Hall–Kier alpha value is -3.34. The second kappa shape index (κ2) is 9.44. The molecule has 1 aromatic carbocycles. The zero-order valence-electron chi connectivity index (χ0n) is 16.7. The highest BCUT2D eigenvalue weighted by atomic mass is 32.1. The Morgan fingerprint density at radius 2 is 1.87 bits per heavy atom. The Balaban J connectivity index is 1.60. The van der Waals surface area contributed by atoms with Gasteiger partial charge in [-0.05, 0) is 6.42 Å². The van der Waals surface area contributed by atoms with Crippen LogP contribution in [-0.2, 0) is 20.8 Å². The van der Waals surface area contributed by atoms with E-state index in [2.05, 4.69) is 20.9 Å². The fraction of sp³-hybridized carbons (Fsp3) is 0.368. The summed E-state index contributed by atoms with van der Waals surface area (Å²) < 4.78 is 15.8. The molecule has 1 aromatic heterocycles. The molecule has 1 aliphatic heterocycles. The average molecular weight is 434 g/mol. The lowest BCUT2D eigenvalue weighted by atomic mass is 10.2. The van der Waals surface area contributed by atoms with E-state index in [-0.39, 0.29) is 24.1 Å². The van der Waals surface area contributed by atoms with Crippen molar-refractivity contribution in [1.29, 1.82) is 0 Å². The maximum absolute atomic E-state index is 12.4. The highest BCUT2D eigenvalue weighted by molar-refractivity contribution is 7.13. The Kier molecular flexibility index (Phi) is 6.72. The summed E-state index contributed by atoms with van der Waals surface area (Å²) in [6.45, 7) is 0. The maximum atomic E-state index is 12.4. The summed E-state index contributed by atoms with van der Waals surface area (Å²) in [5.74, 6) is 0.517. The molecule has 1 saturated heterocycles. The lowest BCUT2D eigenvalue weighted by molar-refractivity contribution is -0.122. The smallest absolute Gasteiger partial charge is 0.248 e. The van der Waals surface area contributed by atoms with Crippen molar-refractivity contribution in [2.75, 3.05) is 32.0 Å². The van der Waals surface area contributed by atoms with Crippen LogP contribution >= 0.6 is 11.3 Å². The minimum absolute atomic E-state index is 0.0171. The lowest BCUT2D eigenvalue weighted by Gasteiger charge is -2.14. The molecule has 11 heteroatoms. The van der Waals surface area contributed by atoms with Gasteiger partial charge in [0.2, 0.25) is 23.5 Å². The molecule has 2 heterocycles. The normalized spacial score (nSPS) is 15.3. The summed E-state index contributed by atoms with van der Waals surface area (Å²) in [6, 6.07) is 2.71. The second-order valence-electron chi connectivity index (χ2n) is 6.43. The predicted octanol–water partition coefficient (Wildman–Crippen LogP) is 1.57. The van der Waals surface area contributed by atoms with Crippen LogP contribution in [0.3, 0.4) is 0 Å². The van der Waals surface area contributed by atoms with Crippen molar-refractivity contribution in [1.82, 2.24) is 10.3 Å². The maximum Gasteiger partial charge on any atom is 0.248 e. The second-order valence-corrected chi connectivity index (χ2v) is 7.29. The van der Waals surface area contributed by atoms with Crippen LogP contribution in [0.1, 0.15) is 18.5 Å². The molecule has 1 atom stereocenters. The van der Waals surface area contributed by atoms with E-state index >= 15 is 0 Å². The molecule has 10 nitrogen and oxygen atoms in total. The Labute approximate surface area is 176 Å². The van der Waals surface area contributed by atoms with Crippen molar-refractivity contribution in [3.05, 3.63) is 23.2 Å². The van der Waals surface area contributed by atoms with Gasteiger partial charge in [-0.1, -0.05) is 0 Å². The number of methoxy groups -OCH3 is 3. The summed E-state index contributed by atoms with van der Waals surface area (Å²) in [5.41, 5.74) is 0.992. The first-order chi connectivity index (χ1) is 14.4. The van der Waals surface area contributed by atoms with Crippen molar-refractivity contribution < 1.29 is 28.6 Å². The number of rotatable bonds is 8. The van der Waals surface area contributed by atoms with Gasteiger partial charge in [-0.25, -0.2) is 4.98 Å². The van der Waals surface area contributed by atoms with Crippen molar-refractivity contribution in [2.24, 2.45) is 0 Å². The zero-order valence-corrected chi connectivity index (χ0v) is 17.6. The van der Waals surface area contributed by atoms with Crippen LogP contribution in [0, 0.1) is 0 Å². The number of carbonyl (C=O) groups excluding carboxylic acids is 3. The summed E-state index contributed by atoms with van der Waals surface area (Å²) in [4.78, 5) is 40.0. The molecule has 1 fully saturated rings. The first-order valence-electron chi connectivity index (χ1n) is 9.08. The largest absolute Gasteiger partial charge is 0.493 e. The number of nitrogens with zero attached hydrogens (tertiary/aromatic N) is 1. The number of anilines is 2. The number of thiazole rings is 1. The fourth-order valence-corrected chi connectivity index (χ4v) is 3.68. The zero-order chi connectivity index (χ0) is 21.7. The molecule has 3 N–H and O–H groups in total. The van der Waals surface area contributed by atoms with Crippen LogP contribution in [0.25, 0.3) is 0 Å². The quantitative estimate of drug-likeness (QED) is 0.575. The molecule has 0 bridgehead atoms. The summed E-state index contributed by atoms with van der Waals surface area (Å²) >= 11 is 1.21. The van der Waals surface area contributed by atoms with Crippen molar-refractivity contribution >= 4 is 39.9 Å². The molecule has 2 aromatic rings.